The first-order chi connectivity index (χ1) is 10.3. The molecule has 1 aromatic carbocycles. The zero-order chi connectivity index (χ0) is 14.7. The molecule has 0 unspecified atom stereocenters. The molecule has 0 saturated heterocycles. The molecule has 1 aliphatic carbocycles. The lowest BCUT2D eigenvalue weighted by atomic mass is 10.1. The Hall–Kier alpha value is -1.87. The van der Waals surface area contributed by atoms with E-state index >= 15 is 0 Å². The van der Waals surface area contributed by atoms with Crippen molar-refractivity contribution in [3.05, 3.63) is 53.2 Å². The van der Waals surface area contributed by atoms with Crippen LogP contribution in [-0.4, -0.2) is 11.0 Å². The normalized spacial score (nSPS) is 14.2. The summed E-state index contributed by atoms with van der Waals surface area (Å²) in [6.07, 6.45) is 5.48. The van der Waals surface area contributed by atoms with Crippen LogP contribution in [0.2, 0.25) is 0 Å². The lowest BCUT2D eigenvalue weighted by molar-refractivity contribution is 0.453. The Labute approximate surface area is 126 Å². The average Bonchev–Trinajstić information content (AvgIpc) is 3.32. The van der Waals surface area contributed by atoms with Crippen LogP contribution in [0.5, 0.6) is 11.6 Å². The summed E-state index contributed by atoms with van der Waals surface area (Å²) in [6, 6.07) is 11.0. The molecule has 3 rings (SSSR count). The van der Waals surface area contributed by atoms with Crippen molar-refractivity contribution in [2.45, 2.75) is 45.7 Å². The number of pyridine rings is 1. The lowest BCUT2D eigenvalue weighted by Gasteiger charge is -2.12. The van der Waals surface area contributed by atoms with Crippen LogP contribution in [0.15, 0.2) is 36.5 Å². The molecule has 21 heavy (non-hydrogen) atoms. The summed E-state index contributed by atoms with van der Waals surface area (Å²) in [5, 5.41) is 3.51. The van der Waals surface area contributed by atoms with Crippen LogP contribution in [0.3, 0.4) is 0 Å². The number of ether oxygens (including phenoxy) is 1. The predicted molar refractivity (Wildman–Crippen MR) is 84.7 cm³/mol. The van der Waals surface area contributed by atoms with Gasteiger partial charge in [0.2, 0.25) is 5.88 Å². The molecule has 2 aromatic rings. The van der Waals surface area contributed by atoms with Gasteiger partial charge < -0.3 is 10.1 Å². The maximum absolute atomic E-state index is 5.99. The Balaban J connectivity index is 1.72. The van der Waals surface area contributed by atoms with Crippen molar-refractivity contribution in [1.82, 2.24) is 10.3 Å². The van der Waals surface area contributed by atoms with Crippen LogP contribution in [0.4, 0.5) is 0 Å². The van der Waals surface area contributed by atoms with Gasteiger partial charge in [-0.1, -0.05) is 25.1 Å². The molecule has 3 heteroatoms. The van der Waals surface area contributed by atoms with E-state index in [-0.39, 0.29) is 0 Å². The number of rotatable bonds is 6. The summed E-state index contributed by atoms with van der Waals surface area (Å²) in [5.41, 5.74) is 3.50. The molecule has 110 valence electrons. The lowest BCUT2D eigenvalue weighted by Crippen LogP contribution is -2.15. The van der Waals surface area contributed by atoms with E-state index in [4.69, 9.17) is 4.74 Å². The molecule has 0 amide bonds. The number of aromatic nitrogens is 1. The summed E-state index contributed by atoms with van der Waals surface area (Å²) in [5.74, 6) is 1.60. The molecule has 0 bridgehead atoms. The van der Waals surface area contributed by atoms with Crippen LogP contribution >= 0.6 is 0 Å². The third-order valence-corrected chi connectivity index (χ3v) is 3.82. The fourth-order valence-corrected chi connectivity index (χ4v) is 2.37. The van der Waals surface area contributed by atoms with Gasteiger partial charge in [-0.05, 0) is 49.4 Å². The highest BCUT2D eigenvalue weighted by atomic mass is 16.5. The Morgan fingerprint density at radius 3 is 2.81 bits per heavy atom. The van der Waals surface area contributed by atoms with Crippen LogP contribution in [0.25, 0.3) is 0 Å². The highest BCUT2D eigenvalue weighted by Gasteiger charge is 2.20. The summed E-state index contributed by atoms with van der Waals surface area (Å²) in [4.78, 5) is 4.49. The Bertz CT molecular complexity index is 620. The van der Waals surface area contributed by atoms with Crippen molar-refractivity contribution in [3.8, 4) is 11.6 Å². The summed E-state index contributed by atoms with van der Waals surface area (Å²) >= 11 is 0. The second-order valence-corrected chi connectivity index (χ2v) is 5.68. The summed E-state index contributed by atoms with van der Waals surface area (Å²) in [7, 11) is 0. The molecule has 1 aromatic heterocycles. The molecule has 1 N–H and O–H groups in total. The predicted octanol–water partition coefficient (Wildman–Crippen LogP) is 4.00. The fourth-order valence-electron chi connectivity index (χ4n) is 2.37. The van der Waals surface area contributed by atoms with Gasteiger partial charge in [0.25, 0.3) is 0 Å². The van der Waals surface area contributed by atoms with Gasteiger partial charge in [0.05, 0.1) is 0 Å². The molecule has 1 saturated carbocycles. The molecule has 0 spiro atoms. The number of nitrogens with zero attached hydrogens (tertiary/aromatic N) is 1. The maximum Gasteiger partial charge on any atom is 0.222 e. The van der Waals surface area contributed by atoms with Gasteiger partial charge in [-0.2, -0.15) is 0 Å². The van der Waals surface area contributed by atoms with Gasteiger partial charge in [-0.25, -0.2) is 4.98 Å². The van der Waals surface area contributed by atoms with Crippen molar-refractivity contribution < 1.29 is 4.74 Å². The van der Waals surface area contributed by atoms with Gasteiger partial charge in [0.15, 0.2) is 0 Å². The summed E-state index contributed by atoms with van der Waals surface area (Å²) in [6.45, 7) is 5.08. The molecule has 0 aliphatic heterocycles. The second-order valence-electron chi connectivity index (χ2n) is 5.68. The van der Waals surface area contributed by atoms with Crippen LogP contribution in [-0.2, 0) is 13.0 Å². The second kappa shape index (κ2) is 6.27. The van der Waals surface area contributed by atoms with E-state index in [9.17, 15) is 0 Å². The van der Waals surface area contributed by atoms with Gasteiger partial charge in [0, 0.05) is 24.3 Å². The first kappa shape index (κ1) is 14.1. The number of benzene rings is 1. The molecule has 3 nitrogen and oxygen atoms in total. The summed E-state index contributed by atoms with van der Waals surface area (Å²) < 4.78 is 5.99. The Morgan fingerprint density at radius 2 is 2.10 bits per heavy atom. The topological polar surface area (TPSA) is 34.1 Å². The molecule has 0 radical (unpaired) electrons. The van der Waals surface area contributed by atoms with Gasteiger partial charge >= 0.3 is 0 Å². The van der Waals surface area contributed by atoms with Crippen LogP contribution in [0, 0.1) is 6.92 Å². The van der Waals surface area contributed by atoms with Gasteiger partial charge in [0.1, 0.15) is 5.75 Å². The van der Waals surface area contributed by atoms with E-state index in [0.717, 1.165) is 30.3 Å². The molecule has 1 aliphatic rings. The van der Waals surface area contributed by atoms with E-state index in [1.165, 1.54) is 24.0 Å². The third kappa shape index (κ3) is 3.61. The standard InChI is InChI=1S/C18H22N2O/c1-3-15-6-4-5-7-17(15)21-18-13(2)10-14(12-20-18)11-19-16-8-9-16/h4-7,10,12,16,19H,3,8-9,11H2,1-2H3. The molecular weight excluding hydrogens is 260 g/mol. The largest absolute Gasteiger partial charge is 0.438 e. The van der Waals surface area contributed by atoms with Crippen LogP contribution < -0.4 is 10.1 Å². The first-order valence-electron chi connectivity index (χ1n) is 7.71. The number of hydrogen-bond acceptors (Lipinski definition) is 3. The minimum Gasteiger partial charge on any atom is -0.438 e. The minimum absolute atomic E-state index is 0.700. The van der Waals surface area contributed by atoms with Crippen LogP contribution in [0.1, 0.15) is 36.5 Å². The average molecular weight is 282 g/mol. The minimum atomic E-state index is 0.700. The number of nitrogens with one attached hydrogen (secondary N) is 1. The van der Waals surface area contributed by atoms with Crippen molar-refractivity contribution >= 4 is 0 Å². The molecule has 1 fully saturated rings. The van der Waals surface area contributed by atoms with Gasteiger partial charge in [-0.3, -0.25) is 0 Å². The monoisotopic (exact) mass is 282 g/mol. The van der Waals surface area contributed by atoms with E-state index < -0.39 is 0 Å². The number of hydrogen-bond donors (Lipinski definition) is 1. The van der Waals surface area contributed by atoms with Gasteiger partial charge in [-0.15, -0.1) is 0 Å². The van der Waals surface area contributed by atoms with E-state index in [1.54, 1.807) is 0 Å². The fraction of sp³-hybridized carbons (Fsp3) is 0.389. The molecule has 0 atom stereocenters. The smallest absolute Gasteiger partial charge is 0.222 e. The van der Waals surface area contributed by atoms with E-state index in [2.05, 4.69) is 36.3 Å². The van der Waals surface area contributed by atoms with Crippen molar-refractivity contribution in [1.29, 1.82) is 0 Å². The molecular formula is C18H22N2O. The maximum atomic E-state index is 5.99. The zero-order valence-electron chi connectivity index (χ0n) is 12.7. The third-order valence-electron chi connectivity index (χ3n) is 3.82. The highest BCUT2D eigenvalue weighted by Crippen LogP contribution is 2.27. The zero-order valence-corrected chi connectivity index (χ0v) is 12.7. The van der Waals surface area contributed by atoms with Crippen molar-refractivity contribution in [3.63, 3.8) is 0 Å². The Kier molecular flexibility index (Phi) is 4.20. The SMILES string of the molecule is CCc1ccccc1Oc1ncc(CNC2CC2)cc1C. The Morgan fingerprint density at radius 1 is 1.29 bits per heavy atom. The molecule has 1 heterocycles. The van der Waals surface area contributed by atoms with Crippen molar-refractivity contribution in [2.75, 3.05) is 0 Å². The highest BCUT2D eigenvalue weighted by molar-refractivity contribution is 5.38. The first-order valence-corrected chi connectivity index (χ1v) is 7.71. The number of aryl methyl sites for hydroxylation is 2. The van der Waals surface area contributed by atoms with Crippen molar-refractivity contribution in [2.24, 2.45) is 0 Å². The van der Waals surface area contributed by atoms with E-state index in [1.807, 2.05) is 24.4 Å². The quantitative estimate of drug-likeness (QED) is 0.869. The van der Waals surface area contributed by atoms with E-state index in [0.29, 0.717) is 5.88 Å². The number of para-hydroxylation sites is 1.